The molecule has 3 nitrogen and oxygen atoms in total. The third-order valence-corrected chi connectivity index (χ3v) is 3.24. The first kappa shape index (κ1) is 10.5. The number of pyridine rings is 1. The van der Waals surface area contributed by atoms with E-state index < -0.39 is 0 Å². The lowest BCUT2D eigenvalue weighted by Gasteiger charge is -2.24. The van der Waals surface area contributed by atoms with Crippen LogP contribution in [-0.2, 0) is 4.74 Å². The maximum Gasteiger partial charge on any atom is 0.106 e. The number of nitrogens with zero attached hydrogens (tertiary/aromatic N) is 1. The molecule has 1 saturated heterocycles. The number of morpholine rings is 1. The van der Waals surface area contributed by atoms with Gasteiger partial charge in [-0.05, 0) is 43.5 Å². The second kappa shape index (κ2) is 4.70. The Balaban J connectivity index is 2.24. The summed E-state index contributed by atoms with van der Waals surface area (Å²) in [5.41, 5.74) is 1.19. The van der Waals surface area contributed by atoms with Crippen LogP contribution in [-0.4, -0.2) is 24.7 Å². The Kier molecular flexibility index (Phi) is 3.54. The number of nitrogens with one attached hydrogen (secondary N) is 1. The van der Waals surface area contributed by atoms with E-state index in [1.807, 2.05) is 6.07 Å². The van der Waals surface area contributed by atoms with Crippen molar-refractivity contribution < 1.29 is 4.74 Å². The molecule has 76 valence electrons. The molecule has 1 N–H and O–H groups in total. The molecule has 0 bridgehead atoms. The lowest BCUT2D eigenvalue weighted by Crippen LogP contribution is -2.34. The standard InChI is InChI=1S/C9H10Br2N2O/c10-7-4-13-9(11)3-6(7)8-5-14-2-1-12-8/h3-4,8,12H,1-2,5H2/t8-/m1/s1. The predicted molar refractivity (Wildman–Crippen MR) is 61.2 cm³/mol. The molecule has 0 saturated carbocycles. The van der Waals surface area contributed by atoms with E-state index >= 15 is 0 Å². The summed E-state index contributed by atoms with van der Waals surface area (Å²) < 4.78 is 7.28. The van der Waals surface area contributed by atoms with Gasteiger partial charge in [0.05, 0.1) is 19.3 Å². The Morgan fingerprint density at radius 1 is 1.50 bits per heavy atom. The number of hydrogen-bond donors (Lipinski definition) is 1. The van der Waals surface area contributed by atoms with E-state index in [9.17, 15) is 0 Å². The maximum absolute atomic E-state index is 5.41. The fourth-order valence-electron chi connectivity index (χ4n) is 1.46. The van der Waals surface area contributed by atoms with Crippen molar-refractivity contribution >= 4 is 31.9 Å². The second-order valence-electron chi connectivity index (χ2n) is 3.11. The Morgan fingerprint density at radius 2 is 2.36 bits per heavy atom. The Hall–Kier alpha value is 0.0300. The first-order valence-electron chi connectivity index (χ1n) is 4.39. The van der Waals surface area contributed by atoms with Crippen LogP contribution in [0, 0.1) is 0 Å². The number of ether oxygens (including phenoxy) is 1. The van der Waals surface area contributed by atoms with E-state index in [1.54, 1.807) is 6.20 Å². The van der Waals surface area contributed by atoms with E-state index in [0.29, 0.717) is 0 Å². The van der Waals surface area contributed by atoms with E-state index in [-0.39, 0.29) is 6.04 Å². The van der Waals surface area contributed by atoms with Crippen molar-refractivity contribution in [3.05, 3.63) is 26.9 Å². The highest BCUT2D eigenvalue weighted by atomic mass is 79.9. The lowest BCUT2D eigenvalue weighted by molar-refractivity contribution is 0.0766. The summed E-state index contributed by atoms with van der Waals surface area (Å²) >= 11 is 6.85. The molecule has 1 aromatic rings. The van der Waals surface area contributed by atoms with Gasteiger partial charge in [0.2, 0.25) is 0 Å². The molecule has 1 aliphatic heterocycles. The van der Waals surface area contributed by atoms with Crippen molar-refractivity contribution in [2.45, 2.75) is 6.04 Å². The summed E-state index contributed by atoms with van der Waals surface area (Å²) in [5.74, 6) is 0. The molecule has 0 aromatic carbocycles. The van der Waals surface area contributed by atoms with Crippen LogP contribution in [0.2, 0.25) is 0 Å². The fraction of sp³-hybridized carbons (Fsp3) is 0.444. The second-order valence-corrected chi connectivity index (χ2v) is 4.78. The minimum absolute atomic E-state index is 0.262. The highest BCUT2D eigenvalue weighted by Gasteiger charge is 2.17. The first-order valence-corrected chi connectivity index (χ1v) is 5.98. The topological polar surface area (TPSA) is 34.1 Å². The van der Waals surface area contributed by atoms with Crippen LogP contribution in [0.15, 0.2) is 21.3 Å². The van der Waals surface area contributed by atoms with E-state index in [4.69, 9.17) is 4.74 Å². The lowest BCUT2D eigenvalue weighted by atomic mass is 10.1. The number of rotatable bonds is 1. The molecule has 14 heavy (non-hydrogen) atoms. The predicted octanol–water partition coefficient (Wildman–Crippen LogP) is 2.27. The molecule has 5 heteroatoms. The van der Waals surface area contributed by atoms with Crippen molar-refractivity contribution in [1.82, 2.24) is 10.3 Å². The van der Waals surface area contributed by atoms with Crippen molar-refractivity contribution in [3.8, 4) is 0 Å². The molecule has 1 fully saturated rings. The van der Waals surface area contributed by atoms with Crippen molar-refractivity contribution in [2.24, 2.45) is 0 Å². The van der Waals surface area contributed by atoms with E-state index in [0.717, 1.165) is 28.8 Å². The monoisotopic (exact) mass is 320 g/mol. The van der Waals surface area contributed by atoms with Crippen LogP contribution >= 0.6 is 31.9 Å². The first-order chi connectivity index (χ1) is 6.77. The van der Waals surface area contributed by atoms with Crippen LogP contribution in [0.3, 0.4) is 0 Å². The van der Waals surface area contributed by atoms with Gasteiger partial charge in [-0.1, -0.05) is 0 Å². The van der Waals surface area contributed by atoms with Crippen molar-refractivity contribution in [1.29, 1.82) is 0 Å². The smallest absolute Gasteiger partial charge is 0.106 e. The summed E-state index contributed by atoms with van der Waals surface area (Å²) in [6.45, 7) is 2.41. The highest BCUT2D eigenvalue weighted by Crippen LogP contribution is 2.26. The van der Waals surface area contributed by atoms with E-state index in [1.165, 1.54) is 5.56 Å². The molecule has 0 aliphatic carbocycles. The SMILES string of the molecule is Brc1cc([C@H]2COCCN2)c(Br)cn1. The molecular weight excluding hydrogens is 312 g/mol. The van der Waals surface area contributed by atoms with Crippen LogP contribution < -0.4 is 5.32 Å². The average molecular weight is 322 g/mol. The number of halogens is 2. The number of aromatic nitrogens is 1. The summed E-state index contributed by atoms with van der Waals surface area (Å²) in [5, 5.41) is 3.40. The molecule has 2 rings (SSSR count). The molecule has 0 amide bonds. The van der Waals surface area contributed by atoms with Gasteiger partial charge >= 0.3 is 0 Å². The van der Waals surface area contributed by atoms with Crippen LogP contribution in [0.25, 0.3) is 0 Å². The quantitative estimate of drug-likeness (QED) is 0.806. The van der Waals surface area contributed by atoms with Crippen LogP contribution in [0.1, 0.15) is 11.6 Å². The van der Waals surface area contributed by atoms with Crippen molar-refractivity contribution in [2.75, 3.05) is 19.8 Å². The van der Waals surface area contributed by atoms with Gasteiger partial charge in [0, 0.05) is 17.2 Å². The zero-order valence-electron chi connectivity index (χ0n) is 7.46. The van der Waals surface area contributed by atoms with Gasteiger partial charge in [-0.25, -0.2) is 4.98 Å². The maximum atomic E-state index is 5.41. The minimum atomic E-state index is 0.262. The zero-order chi connectivity index (χ0) is 9.97. The molecule has 1 aliphatic rings. The third kappa shape index (κ3) is 2.34. The Bertz CT molecular complexity index is 327. The molecule has 0 spiro atoms. The van der Waals surface area contributed by atoms with Crippen LogP contribution in [0.5, 0.6) is 0 Å². The molecule has 0 unspecified atom stereocenters. The summed E-state index contributed by atoms with van der Waals surface area (Å²) in [4.78, 5) is 4.14. The third-order valence-electron chi connectivity index (χ3n) is 2.15. The van der Waals surface area contributed by atoms with Gasteiger partial charge < -0.3 is 10.1 Å². The summed E-state index contributed by atoms with van der Waals surface area (Å²) in [7, 11) is 0. The van der Waals surface area contributed by atoms with Gasteiger partial charge in [0.1, 0.15) is 4.60 Å². The summed E-state index contributed by atoms with van der Waals surface area (Å²) in [6.07, 6.45) is 1.80. The van der Waals surface area contributed by atoms with Crippen LogP contribution in [0.4, 0.5) is 0 Å². The van der Waals surface area contributed by atoms with Gasteiger partial charge in [0.25, 0.3) is 0 Å². The zero-order valence-corrected chi connectivity index (χ0v) is 10.6. The largest absolute Gasteiger partial charge is 0.378 e. The molecule has 2 heterocycles. The molecule has 1 atom stereocenters. The average Bonchev–Trinajstić information content (AvgIpc) is 2.23. The number of hydrogen-bond acceptors (Lipinski definition) is 3. The molecule has 0 radical (unpaired) electrons. The molecule has 1 aromatic heterocycles. The van der Waals surface area contributed by atoms with Gasteiger partial charge in [-0.15, -0.1) is 0 Å². The molecular formula is C9H10Br2N2O. The normalized spacial score (nSPS) is 22.3. The summed E-state index contributed by atoms with van der Waals surface area (Å²) in [6, 6.07) is 2.27. The van der Waals surface area contributed by atoms with Gasteiger partial charge in [0.15, 0.2) is 0 Å². The highest BCUT2D eigenvalue weighted by molar-refractivity contribution is 9.11. The Labute approximate surface area is 99.5 Å². The van der Waals surface area contributed by atoms with E-state index in [2.05, 4.69) is 42.2 Å². The van der Waals surface area contributed by atoms with Gasteiger partial charge in [-0.3, -0.25) is 0 Å². The minimum Gasteiger partial charge on any atom is -0.378 e. The van der Waals surface area contributed by atoms with Gasteiger partial charge in [-0.2, -0.15) is 0 Å². The Morgan fingerprint density at radius 3 is 3.07 bits per heavy atom. The fourth-order valence-corrected chi connectivity index (χ4v) is 2.30. The van der Waals surface area contributed by atoms with Crippen molar-refractivity contribution in [3.63, 3.8) is 0 Å².